The van der Waals surface area contributed by atoms with Crippen LogP contribution in [0.2, 0.25) is 0 Å². The number of ether oxygens (including phenoxy) is 1. The minimum Gasteiger partial charge on any atom is -0.505 e. The van der Waals surface area contributed by atoms with Crippen molar-refractivity contribution in [2.45, 2.75) is 37.1 Å². The maximum Gasteiger partial charge on any atom is 0.377 e. The Morgan fingerprint density at radius 1 is 1.19 bits per heavy atom. The monoisotopic (exact) mass is 483 g/mol. The average molecular weight is 483 g/mol. The molecule has 0 aromatic heterocycles. The van der Waals surface area contributed by atoms with Crippen LogP contribution in [0.3, 0.4) is 0 Å². The molecule has 15 nitrogen and oxygen atoms in total. The molecule has 32 heavy (non-hydrogen) atoms. The number of carboxylic acid groups (broad SMARTS) is 2. The summed E-state index contributed by atoms with van der Waals surface area (Å²) in [7, 11) is 0. The molecule has 0 aromatic rings. The van der Waals surface area contributed by atoms with E-state index in [9.17, 15) is 24.0 Å². The van der Waals surface area contributed by atoms with Crippen LogP contribution in [-0.4, -0.2) is 104 Å². The number of hydrogen-bond acceptors (Lipinski definition) is 12. The summed E-state index contributed by atoms with van der Waals surface area (Å²) in [5.41, 5.74) is 5.23. The number of rotatable bonds is 11. The van der Waals surface area contributed by atoms with E-state index in [1.807, 2.05) is 0 Å². The van der Waals surface area contributed by atoms with Crippen molar-refractivity contribution < 1.29 is 59.3 Å². The van der Waals surface area contributed by atoms with Gasteiger partial charge < -0.3 is 51.7 Å². The van der Waals surface area contributed by atoms with Gasteiger partial charge in [-0.1, -0.05) is 0 Å². The Morgan fingerprint density at radius 2 is 1.78 bits per heavy atom. The van der Waals surface area contributed by atoms with E-state index in [4.69, 9.17) is 36.4 Å². The van der Waals surface area contributed by atoms with Crippen LogP contribution >= 0.6 is 12.6 Å². The zero-order valence-corrected chi connectivity index (χ0v) is 17.4. The van der Waals surface area contributed by atoms with Crippen LogP contribution < -0.4 is 16.4 Å². The third-order valence-corrected chi connectivity index (χ3v) is 4.09. The first kappa shape index (κ1) is 28.9. The molecule has 1 heterocycles. The Morgan fingerprint density at radius 3 is 2.19 bits per heavy atom. The molecule has 10 N–H and O–H groups in total. The van der Waals surface area contributed by atoms with Gasteiger partial charge in [0.1, 0.15) is 24.7 Å². The molecule has 1 aliphatic heterocycles. The van der Waals surface area contributed by atoms with Gasteiger partial charge in [0, 0.05) is 12.2 Å². The zero-order valence-electron chi connectivity index (χ0n) is 16.5. The lowest BCUT2D eigenvalue weighted by Crippen LogP contribution is -2.49. The van der Waals surface area contributed by atoms with Crippen molar-refractivity contribution in [1.82, 2.24) is 10.6 Å². The quantitative estimate of drug-likeness (QED) is 0.101. The number of nitrogens with one attached hydrogen (secondary N) is 2. The normalized spacial score (nSPS) is 17.9. The minimum absolute atomic E-state index is 0.0256. The van der Waals surface area contributed by atoms with Crippen molar-refractivity contribution in [3.8, 4) is 0 Å². The van der Waals surface area contributed by atoms with Crippen LogP contribution in [0.25, 0.3) is 0 Å². The fraction of sp³-hybridized carbons (Fsp3) is 0.562. The first-order valence-electron chi connectivity index (χ1n) is 8.85. The molecule has 1 aliphatic rings. The topological polar surface area (TPSA) is 266 Å². The van der Waals surface area contributed by atoms with Crippen molar-refractivity contribution in [2.24, 2.45) is 5.73 Å². The molecular formula is C16H25N3O12S. The molecule has 0 radical (unpaired) electrons. The Labute approximate surface area is 186 Å². The Balaban J connectivity index is 0.000000677. The Hall–Kier alpha value is -3.08. The van der Waals surface area contributed by atoms with Crippen LogP contribution in [0.4, 0.5) is 0 Å². The molecule has 0 bridgehead atoms. The number of carboxylic acids is 2. The summed E-state index contributed by atoms with van der Waals surface area (Å²) in [4.78, 5) is 54.3. The molecule has 0 saturated heterocycles. The van der Waals surface area contributed by atoms with Gasteiger partial charge in [-0.3, -0.25) is 19.2 Å². The highest BCUT2D eigenvalue weighted by atomic mass is 32.1. The van der Waals surface area contributed by atoms with Crippen molar-refractivity contribution in [2.75, 3.05) is 18.9 Å². The summed E-state index contributed by atoms with van der Waals surface area (Å²) in [5, 5.41) is 56.4. The number of amides is 2. The van der Waals surface area contributed by atoms with E-state index >= 15 is 0 Å². The van der Waals surface area contributed by atoms with Crippen LogP contribution in [-0.2, 0) is 28.7 Å². The van der Waals surface area contributed by atoms with Gasteiger partial charge in [-0.25, -0.2) is 4.79 Å². The zero-order chi connectivity index (χ0) is 25.0. The predicted molar refractivity (Wildman–Crippen MR) is 107 cm³/mol. The van der Waals surface area contributed by atoms with E-state index in [2.05, 4.69) is 28.0 Å². The summed E-state index contributed by atoms with van der Waals surface area (Å²) in [6.07, 6.45) is -3.01. The molecule has 4 atom stereocenters. The number of aliphatic hydroxyl groups is 4. The third-order valence-electron chi connectivity index (χ3n) is 3.72. The lowest BCUT2D eigenvalue weighted by molar-refractivity contribution is -0.147. The largest absolute Gasteiger partial charge is 0.505 e. The molecule has 0 aromatic carbocycles. The maximum absolute atomic E-state index is 11.5. The van der Waals surface area contributed by atoms with Gasteiger partial charge in [0.15, 0.2) is 11.9 Å². The van der Waals surface area contributed by atoms with E-state index in [1.54, 1.807) is 0 Å². The number of esters is 1. The van der Waals surface area contributed by atoms with E-state index in [1.165, 1.54) is 0 Å². The van der Waals surface area contributed by atoms with Crippen molar-refractivity contribution in [1.29, 1.82) is 0 Å². The van der Waals surface area contributed by atoms with Crippen LogP contribution in [0, 0.1) is 0 Å². The first-order chi connectivity index (χ1) is 14.8. The highest BCUT2D eigenvalue weighted by molar-refractivity contribution is 7.80. The standard InChI is InChI=1S/C10H17N3O6S.C6H8O6/c11-5(10(18)19)1-2-7(14)13-6(4-20)9(17)12-3-8(15)16;7-1-2(8)5-3(9)4(10)6(11)12-5/h5-6,20H,1-4,11H2,(H,12,17)(H,13,14)(H,15,16)(H,18,19);2,5,7-10H,1H2. The molecule has 0 fully saturated rings. The Kier molecular flexibility index (Phi) is 12.7. The summed E-state index contributed by atoms with van der Waals surface area (Å²) in [5.74, 6) is -6.48. The Bertz CT molecular complexity index is 744. The number of cyclic esters (lactones) is 1. The lowest BCUT2D eigenvalue weighted by Gasteiger charge is -2.16. The lowest BCUT2D eigenvalue weighted by atomic mass is 10.1. The fourth-order valence-electron chi connectivity index (χ4n) is 1.98. The number of aliphatic carboxylic acids is 2. The second-order valence-corrected chi connectivity index (χ2v) is 6.57. The molecule has 0 spiro atoms. The van der Waals surface area contributed by atoms with Gasteiger partial charge in [-0.15, -0.1) is 0 Å². The fourth-order valence-corrected chi connectivity index (χ4v) is 2.24. The van der Waals surface area contributed by atoms with Gasteiger partial charge >= 0.3 is 17.9 Å². The van der Waals surface area contributed by atoms with Crippen LogP contribution in [0.5, 0.6) is 0 Å². The molecule has 0 saturated carbocycles. The summed E-state index contributed by atoms with van der Waals surface area (Å²) < 4.78 is 4.32. The van der Waals surface area contributed by atoms with Gasteiger partial charge in [0.25, 0.3) is 0 Å². The number of carbonyl (C=O) groups is 5. The molecule has 16 heteroatoms. The van der Waals surface area contributed by atoms with Crippen LogP contribution in [0.1, 0.15) is 12.8 Å². The van der Waals surface area contributed by atoms with E-state index in [-0.39, 0.29) is 18.6 Å². The van der Waals surface area contributed by atoms with Gasteiger partial charge in [0.2, 0.25) is 17.6 Å². The number of carbonyl (C=O) groups excluding carboxylic acids is 3. The van der Waals surface area contributed by atoms with E-state index in [0.29, 0.717) is 0 Å². The number of aliphatic hydroxyl groups excluding tert-OH is 4. The van der Waals surface area contributed by atoms with Crippen molar-refractivity contribution in [3.63, 3.8) is 0 Å². The molecular weight excluding hydrogens is 458 g/mol. The second kappa shape index (κ2) is 14.1. The van der Waals surface area contributed by atoms with E-state index < -0.39 is 78.7 Å². The minimum atomic E-state index is -1.42. The van der Waals surface area contributed by atoms with E-state index in [0.717, 1.165) is 0 Å². The highest BCUT2D eigenvalue weighted by Gasteiger charge is 2.38. The summed E-state index contributed by atoms with van der Waals surface area (Å²) in [6, 6.07) is -2.15. The maximum atomic E-state index is 11.5. The average Bonchev–Trinajstić information content (AvgIpc) is 3.00. The molecule has 0 aliphatic carbocycles. The van der Waals surface area contributed by atoms with Gasteiger partial charge in [0.05, 0.1) is 6.61 Å². The smallest absolute Gasteiger partial charge is 0.377 e. The molecule has 4 unspecified atom stereocenters. The van der Waals surface area contributed by atoms with Crippen LogP contribution in [0.15, 0.2) is 11.5 Å². The molecule has 1 rings (SSSR count). The predicted octanol–water partition coefficient (Wildman–Crippen LogP) is -3.61. The number of nitrogens with two attached hydrogens (primary N) is 1. The van der Waals surface area contributed by atoms with Gasteiger partial charge in [-0.05, 0) is 6.42 Å². The molecule has 182 valence electrons. The summed E-state index contributed by atoms with van der Waals surface area (Å²) in [6.45, 7) is -1.24. The van der Waals surface area contributed by atoms with Gasteiger partial charge in [-0.2, -0.15) is 12.6 Å². The number of thiol groups is 1. The molecule has 2 amide bonds. The number of hydrogen-bond donors (Lipinski definition) is 10. The van der Waals surface area contributed by atoms with Crippen molar-refractivity contribution >= 4 is 42.4 Å². The highest BCUT2D eigenvalue weighted by Crippen LogP contribution is 2.20. The summed E-state index contributed by atoms with van der Waals surface area (Å²) >= 11 is 3.87. The second-order valence-electron chi connectivity index (χ2n) is 6.21. The first-order valence-corrected chi connectivity index (χ1v) is 9.48. The third kappa shape index (κ3) is 9.82. The van der Waals surface area contributed by atoms with Crippen molar-refractivity contribution in [3.05, 3.63) is 11.5 Å². The SMILES string of the molecule is NC(CCC(=O)NC(CS)C(=O)NCC(=O)O)C(=O)O.O=C1OC(C(O)CO)C(O)=C1O.